The maximum Gasteiger partial charge on any atom is 0.254 e. The van der Waals surface area contributed by atoms with Crippen LogP contribution < -0.4 is 4.74 Å². The molecule has 1 aromatic carbocycles. The lowest BCUT2D eigenvalue weighted by Gasteiger charge is -2.30. The maximum absolute atomic E-state index is 13.3. The molecule has 1 aliphatic heterocycles. The summed E-state index contributed by atoms with van der Waals surface area (Å²) in [6, 6.07) is 8.91. The summed E-state index contributed by atoms with van der Waals surface area (Å²) >= 11 is 5.92. The lowest BCUT2D eigenvalue weighted by Crippen LogP contribution is -2.37. The third-order valence-electron chi connectivity index (χ3n) is 5.36. The van der Waals surface area contributed by atoms with Gasteiger partial charge in [0.05, 0.1) is 34.9 Å². The predicted molar refractivity (Wildman–Crippen MR) is 124 cm³/mol. The highest BCUT2D eigenvalue weighted by atomic mass is 35.5. The minimum atomic E-state index is -0.0784. The molecule has 0 atom stereocenters. The van der Waals surface area contributed by atoms with Gasteiger partial charge in [-0.3, -0.25) is 14.8 Å². The molecule has 166 valence electrons. The summed E-state index contributed by atoms with van der Waals surface area (Å²) in [6.07, 6.45) is 5.42. The first kappa shape index (κ1) is 21.2. The van der Waals surface area contributed by atoms with Gasteiger partial charge in [-0.05, 0) is 44.2 Å². The second kappa shape index (κ2) is 8.71. The number of benzene rings is 1. The molecule has 33 heavy (non-hydrogen) atoms. The molecule has 0 aliphatic carbocycles. The van der Waals surface area contributed by atoms with Gasteiger partial charge in [-0.2, -0.15) is 4.98 Å². The number of carbonyl (C=O) groups is 1. The van der Waals surface area contributed by atoms with Crippen LogP contribution in [-0.2, 0) is 13.0 Å². The Balaban J connectivity index is 1.47. The van der Waals surface area contributed by atoms with E-state index in [1.54, 1.807) is 41.7 Å². The number of rotatable bonds is 4. The third kappa shape index (κ3) is 4.34. The van der Waals surface area contributed by atoms with Crippen LogP contribution in [-0.4, -0.2) is 48.4 Å². The van der Waals surface area contributed by atoms with Gasteiger partial charge >= 0.3 is 0 Å². The number of fused-ring (bicyclic) bond motifs is 2. The van der Waals surface area contributed by atoms with Gasteiger partial charge in [0.1, 0.15) is 5.15 Å². The fourth-order valence-corrected chi connectivity index (χ4v) is 3.91. The van der Waals surface area contributed by atoms with Crippen molar-refractivity contribution >= 4 is 28.5 Å². The molecule has 0 fully saturated rings. The zero-order valence-corrected chi connectivity index (χ0v) is 19.0. The molecule has 4 heterocycles. The van der Waals surface area contributed by atoms with Crippen LogP contribution in [0.5, 0.6) is 5.88 Å². The van der Waals surface area contributed by atoms with Gasteiger partial charge < -0.3 is 9.64 Å². The molecule has 9 heteroatoms. The Morgan fingerprint density at radius 1 is 1.06 bits per heavy atom. The van der Waals surface area contributed by atoms with Crippen LogP contribution in [0.1, 0.15) is 35.5 Å². The summed E-state index contributed by atoms with van der Waals surface area (Å²) in [4.78, 5) is 37.2. The highest BCUT2D eigenvalue weighted by molar-refractivity contribution is 6.29. The Bertz CT molecular complexity index is 1340. The first-order chi connectivity index (χ1) is 16.0. The van der Waals surface area contributed by atoms with Gasteiger partial charge in [0.15, 0.2) is 5.82 Å². The van der Waals surface area contributed by atoms with Crippen molar-refractivity contribution < 1.29 is 9.53 Å². The fourth-order valence-electron chi connectivity index (χ4n) is 3.79. The minimum Gasteiger partial charge on any atom is -0.475 e. The third-order valence-corrected chi connectivity index (χ3v) is 5.58. The van der Waals surface area contributed by atoms with Crippen molar-refractivity contribution in [1.29, 1.82) is 0 Å². The van der Waals surface area contributed by atoms with Crippen LogP contribution >= 0.6 is 11.6 Å². The van der Waals surface area contributed by atoms with E-state index in [2.05, 4.69) is 19.9 Å². The molecule has 1 aliphatic rings. The van der Waals surface area contributed by atoms with Crippen molar-refractivity contribution in [3.63, 3.8) is 0 Å². The van der Waals surface area contributed by atoms with E-state index in [1.165, 1.54) is 0 Å². The van der Waals surface area contributed by atoms with E-state index in [0.29, 0.717) is 47.4 Å². The fraction of sp³-hybridized carbons (Fsp3) is 0.250. The molecule has 4 aromatic rings. The largest absolute Gasteiger partial charge is 0.475 e. The smallest absolute Gasteiger partial charge is 0.254 e. The second-order valence-corrected chi connectivity index (χ2v) is 8.44. The topological polar surface area (TPSA) is 94.0 Å². The van der Waals surface area contributed by atoms with Crippen LogP contribution in [0, 0.1) is 0 Å². The molecule has 5 rings (SSSR count). The van der Waals surface area contributed by atoms with Crippen LogP contribution in [0.25, 0.3) is 22.4 Å². The van der Waals surface area contributed by atoms with E-state index in [-0.39, 0.29) is 12.0 Å². The number of ether oxygens (including phenoxy) is 1. The first-order valence-electron chi connectivity index (χ1n) is 10.7. The summed E-state index contributed by atoms with van der Waals surface area (Å²) in [5.74, 6) is 0.943. The summed E-state index contributed by atoms with van der Waals surface area (Å²) in [5.41, 5.74) is 4.47. The van der Waals surface area contributed by atoms with Gasteiger partial charge in [0.25, 0.3) is 5.91 Å². The molecule has 0 radical (unpaired) electrons. The van der Waals surface area contributed by atoms with Crippen molar-refractivity contribution in [3.8, 4) is 17.3 Å². The number of pyridine rings is 1. The first-order valence-corrected chi connectivity index (χ1v) is 11.0. The number of hydrogen-bond acceptors (Lipinski definition) is 7. The van der Waals surface area contributed by atoms with E-state index in [4.69, 9.17) is 21.3 Å². The van der Waals surface area contributed by atoms with Gasteiger partial charge in [-0.1, -0.05) is 11.6 Å². The average Bonchev–Trinajstić information content (AvgIpc) is 2.83. The van der Waals surface area contributed by atoms with E-state index in [1.807, 2.05) is 26.0 Å². The number of carbonyl (C=O) groups excluding carboxylic acids is 1. The standard InChI is InChI=1S/C24H21ClN6O2/c1-14(2)33-23-17-13-31(24(32)15-3-5-19-20(11-15)27-9-8-26-19)10-7-18(17)29-22(30-23)16-4-6-21(25)28-12-16/h3-6,8-9,11-12,14H,7,10,13H2,1-2H3. The maximum atomic E-state index is 13.3. The summed E-state index contributed by atoms with van der Waals surface area (Å²) in [5, 5.41) is 0.407. The molecule has 0 unspecified atom stereocenters. The van der Waals surface area contributed by atoms with Gasteiger partial charge in [-0.15, -0.1) is 0 Å². The number of nitrogens with zero attached hydrogens (tertiary/aromatic N) is 6. The van der Waals surface area contributed by atoms with Gasteiger partial charge in [-0.25, -0.2) is 9.97 Å². The predicted octanol–water partition coefficient (Wildman–Crippen LogP) is 4.12. The van der Waals surface area contributed by atoms with Crippen LogP contribution in [0.15, 0.2) is 48.9 Å². The van der Waals surface area contributed by atoms with Crippen molar-refractivity contribution in [2.24, 2.45) is 0 Å². The van der Waals surface area contributed by atoms with Crippen molar-refractivity contribution in [3.05, 3.63) is 70.9 Å². The van der Waals surface area contributed by atoms with E-state index >= 15 is 0 Å². The molecule has 0 spiro atoms. The Morgan fingerprint density at radius 2 is 1.88 bits per heavy atom. The lowest BCUT2D eigenvalue weighted by atomic mass is 10.0. The number of aromatic nitrogens is 5. The molecule has 1 amide bonds. The molecular formula is C24H21ClN6O2. The number of halogens is 1. The Labute approximate surface area is 195 Å². The lowest BCUT2D eigenvalue weighted by molar-refractivity contribution is 0.0730. The molecule has 0 N–H and O–H groups in total. The molecule has 3 aromatic heterocycles. The highest BCUT2D eigenvalue weighted by Crippen LogP contribution is 2.30. The average molecular weight is 461 g/mol. The van der Waals surface area contributed by atoms with Crippen LogP contribution in [0.3, 0.4) is 0 Å². The summed E-state index contributed by atoms with van der Waals surface area (Å²) in [6.45, 7) is 4.80. The Morgan fingerprint density at radius 3 is 2.64 bits per heavy atom. The molecule has 0 saturated heterocycles. The molecular weight excluding hydrogens is 440 g/mol. The number of hydrogen-bond donors (Lipinski definition) is 0. The molecule has 0 saturated carbocycles. The van der Waals surface area contributed by atoms with Crippen LogP contribution in [0.2, 0.25) is 5.15 Å². The number of amides is 1. The zero-order chi connectivity index (χ0) is 22.9. The highest BCUT2D eigenvalue weighted by Gasteiger charge is 2.28. The normalized spacial score (nSPS) is 13.3. The Kier molecular flexibility index (Phi) is 5.60. The molecule has 0 bridgehead atoms. The van der Waals surface area contributed by atoms with Crippen molar-refractivity contribution in [2.45, 2.75) is 32.9 Å². The van der Waals surface area contributed by atoms with E-state index in [9.17, 15) is 4.79 Å². The van der Waals surface area contributed by atoms with E-state index < -0.39 is 0 Å². The van der Waals surface area contributed by atoms with Crippen LogP contribution in [0.4, 0.5) is 0 Å². The second-order valence-electron chi connectivity index (χ2n) is 8.05. The summed E-state index contributed by atoms with van der Waals surface area (Å²) < 4.78 is 6.04. The summed E-state index contributed by atoms with van der Waals surface area (Å²) in [7, 11) is 0. The Hall–Kier alpha value is -3.65. The SMILES string of the molecule is CC(C)Oc1nc(-c2ccc(Cl)nc2)nc2c1CN(C(=O)c1ccc3nccnc3c1)CC2. The zero-order valence-electron chi connectivity index (χ0n) is 18.2. The van der Waals surface area contributed by atoms with Gasteiger partial charge in [0.2, 0.25) is 5.88 Å². The van der Waals surface area contributed by atoms with E-state index in [0.717, 1.165) is 22.3 Å². The van der Waals surface area contributed by atoms with Crippen molar-refractivity contribution in [1.82, 2.24) is 29.8 Å². The van der Waals surface area contributed by atoms with Gasteiger partial charge in [0, 0.05) is 42.7 Å². The monoisotopic (exact) mass is 460 g/mol. The minimum absolute atomic E-state index is 0.0744. The van der Waals surface area contributed by atoms with Crippen molar-refractivity contribution in [2.75, 3.05) is 6.54 Å². The quantitative estimate of drug-likeness (QED) is 0.423. The molecule has 8 nitrogen and oxygen atoms in total.